The van der Waals surface area contributed by atoms with Crippen molar-refractivity contribution >= 4 is 22.9 Å². The largest absolute Gasteiger partial charge is 0.492 e. The molecule has 2 aromatic carbocycles. The number of likely N-dealkylation sites (tertiary alicyclic amines) is 1. The zero-order valence-corrected chi connectivity index (χ0v) is 24.2. The molecule has 1 amide bonds. The number of piperidine rings is 1. The molecule has 9 heteroatoms. The van der Waals surface area contributed by atoms with E-state index < -0.39 is 5.60 Å². The van der Waals surface area contributed by atoms with Crippen molar-refractivity contribution in [2.75, 3.05) is 31.6 Å². The highest BCUT2D eigenvalue weighted by Crippen LogP contribution is 2.39. The van der Waals surface area contributed by atoms with Gasteiger partial charge < -0.3 is 24.7 Å². The van der Waals surface area contributed by atoms with Crippen molar-refractivity contribution in [1.29, 1.82) is 0 Å². The third-order valence-electron chi connectivity index (χ3n) is 7.14. The van der Waals surface area contributed by atoms with Gasteiger partial charge in [-0.25, -0.2) is 20.2 Å². The molecule has 0 radical (unpaired) electrons. The van der Waals surface area contributed by atoms with E-state index in [1.54, 1.807) is 4.90 Å². The van der Waals surface area contributed by atoms with E-state index in [0.717, 1.165) is 59.3 Å². The minimum Gasteiger partial charge on any atom is -0.492 e. The Kier molecular flexibility index (Phi) is 8.12. The van der Waals surface area contributed by atoms with E-state index in [-0.39, 0.29) is 6.09 Å². The van der Waals surface area contributed by atoms with Crippen LogP contribution < -0.4 is 15.5 Å². The summed E-state index contributed by atoms with van der Waals surface area (Å²) in [6.07, 6.45) is 6.40. The van der Waals surface area contributed by atoms with E-state index in [4.69, 9.17) is 14.5 Å². The smallest absolute Gasteiger partial charge is 0.410 e. The van der Waals surface area contributed by atoms with E-state index in [1.165, 1.54) is 5.56 Å². The predicted molar refractivity (Wildman–Crippen MR) is 158 cm³/mol. The normalized spacial score (nSPS) is 17.1. The summed E-state index contributed by atoms with van der Waals surface area (Å²) in [6, 6.07) is 12.8. The Labute approximate surface area is 236 Å². The zero-order valence-electron chi connectivity index (χ0n) is 24.2. The first-order chi connectivity index (χ1) is 19.3. The molecule has 1 aromatic heterocycles. The Balaban J connectivity index is 0.00000158. The molecule has 2 N–H and O–H groups in total. The van der Waals surface area contributed by atoms with Crippen LogP contribution in [0.2, 0.25) is 0 Å². The highest BCUT2D eigenvalue weighted by Gasteiger charge is 2.30. The third-order valence-corrected chi connectivity index (χ3v) is 7.14. The van der Waals surface area contributed by atoms with E-state index in [1.807, 2.05) is 52.9 Å². The Morgan fingerprint density at radius 1 is 1.10 bits per heavy atom. The van der Waals surface area contributed by atoms with Crippen LogP contribution in [-0.2, 0) is 11.2 Å². The number of ether oxygens (including phenoxy) is 2. The molecule has 3 aromatic rings. The van der Waals surface area contributed by atoms with Gasteiger partial charge in [0.2, 0.25) is 5.95 Å². The van der Waals surface area contributed by atoms with Crippen molar-refractivity contribution in [3.8, 4) is 16.9 Å². The quantitative estimate of drug-likeness (QED) is 0.430. The standard InChI is InChI=1S/C29H34N6O3.C2H6/c1-29(2,3)38-28(36)34-13-10-22(11-14-34)35-18-21(17-31-35)32-27-30-16-20-7-5-8-23(25(20)33-27)24-9-4-6-19-12-15-37-26(19)24;1-2/h4-9,16,18,22,31H,10-15,17H2,1-3H3,(H,30,32,33);1-2H3. The number of carbonyl (C=O) groups excluding carboxylic acids is 1. The van der Waals surface area contributed by atoms with Gasteiger partial charge in [0.15, 0.2) is 0 Å². The van der Waals surface area contributed by atoms with Gasteiger partial charge in [-0.3, -0.25) is 0 Å². The fraction of sp³-hybridized carbons (Fsp3) is 0.452. The molecule has 0 bridgehead atoms. The topological polar surface area (TPSA) is 91.9 Å². The molecule has 40 heavy (non-hydrogen) atoms. The second kappa shape index (κ2) is 11.7. The van der Waals surface area contributed by atoms with Gasteiger partial charge in [0.1, 0.15) is 11.4 Å². The van der Waals surface area contributed by atoms with Gasteiger partial charge in [-0.15, -0.1) is 0 Å². The van der Waals surface area contributed by atoms with E-state index >= 15 is 0 Å². The number of amides is 1. The van der Waals surface area contributed by atoms with Crippen LogP contribution in [0.1, 0.15) is 53.0 Å². The second-order valence-electron chi connectivity index (χ2n) is 11.0. The summed E-state index contributed by atoms with van der Waals surface area (Å²) in [5, 5.41) is 6.54. The molecule has 1 fully saturated rings. The van der Waals surface area contributed by atoms with Crippen LogP contribution in [0.25, 0.3) is 22.0 Å². The van der Waals surface area contributed by atoms with Crippen LogP contribution in [0.5, 0.6) is 5.75 Å². The summed E-state index contributed by atoms with van der Waals surface area (Å²) in [5.41, 5.74) is 8.23. The minimum atomic E-state index is -0.478. The first-order valence-electron chi connectivity index (χ1n) is 14.3. The summed E-state index contributed by atoms with van der Waals surface area (Å²) in [5.74, 6) is 1.53. The molecule has 212 valence electrons. The van der Waals surface area contributed by atoms with Crippen molar-refractivity contribution in [3.05, 3.63) is 60.1 Å². The lowest BCUT2D eigenvalue weighted by Crippen LogP contribution is -2.48. The molecule has 0 atom stereocenters. The maximum absolute atomic E-state index is 12.4. The van der Waals surface area contributed by atoms with Gasteiger partial charge >= 0.3 is 6.09 Å². The van der Waals surface area contributed by atoms with Crippen LogP contribution in [0.3, 0.4) is 0 Å². The number of fused-ring (bicyclic) bond motifs is 2. The maximum atomic E-state index is 12.4. The molecule has 0 aliphatic carbocycles. The van der Waals surface area contributed by atoms with Crippen molar-refractivity contribution in [1.82, 2.24) is 25.3 Å². The number of hydrogen-bond donors (Lipinski definition) is 2. The van der Waals surface area contributed by atoms with E-state index in [2.05, 4.69) is 51.2 Å². The van der Waals surface area contributed by atoms with Gasteiger partial charge in [0, 0.05) is 54.5 Å². The number of anilines is 1. The van der Waals surface area contributed by atoms with Gasteiger partial charge in [-0.2, -0.15) is 0 Å². The Bertz CT molecular complexity index is 1390. The fourth-order valence-electron chi connectivity index (χ4n) is 5.30. The first kappa shape index (κ1) is 27.7. The molecule has 0 spiro atoms. The number of nitrogens with one attached hydrogen (secondary N) is 2. The van der Waals surface area contributed by atoms with Crippen molar-refractivity contribution in [2.24, 2.45) is 0 Å². The van der Waals surface area contributed by atoms with Crippen molar-refractivity contribution in [2.45, 2.75) is 65.5 Å². The Hall–Kier alpha value is -3.85. The lowest BCUT2D eigenvalue weighted by atomic mass is 9.99. The van der Waals surface area contributed by atoms with Gasteiger partial charge in [-0.1, -0.05) is 50.2 Å². The number of nitrogens with zero attached hydrogens (tertiary/aromatic N) is 4. The maximum Gasteiger partial charge on any atom is 0.410 e. The Morgan fingerprint density at radius 2 is 1.85 bits per heavy atom. The molecule has 9 nitrogen and oxygen atoms in total. The van der Waals surface area contributed by atoms with Crippen LogP contribution in [0.15, 0.2) is 54.5 Å². The summed E-state index contributed by atoms with van der Waals surface area (Å²) in [7, 11) is 0. The number of hydrazine groups is 1. The lowest BCUT2D eigenvalue weighted by Gasteiger charge is -2.37. The molecular weight excluding hydrogens is 504 g/mol. The first-order valence-corrected chi connectivity index (χ1v) is 14.3. The Morgan fingerprint density at radius 3 is 2.62 bits per heavy atom. The molecule has 3 aliphatic heterocycles. The summed E-state index contributed by atoms with van der Waals surface area (Å²) >= 11 is 0. The average Bonchev–Trinajstić information content (AvgIpc) is 3.63. The van der Waals surface area contributed by atoms with Crippen LogP contribution in [0, 0.1) is 0 Å². The average molecular weight is 545 g/mol. The summed E-state index contributed by atoms with van der Waals surface area (Å²) in [4.78, 5) is 23.7. The highest BCUT2D eigenvalue weighted by molar-refractivity contribution is 5.95. The zero-order chi connectivity index (χ0) is 28.3. The molecular formula is C31H40N6O3. The monoisotopic (exact) mass is 544 g/mol. The minimum absolute atomic E-state index is 0.233. The number of carbonyl (C=O) groups is 1. The third kappa shape index (κ3) is 5.99. The SMILES string of the molecule is CC.CC(C)(C)OC(=O)N1CCC(N2C=C(Nc3ncc4cccc(-c5cccc6c5OCC6)c4n3)CN2)CC1. The summed E-state index contributed by atoms with van der Waals surface area (Å²) in [6.45, 7) is 12.4. The predicted octanol–water partition coefficient (Wildman–Crippen LogP) is 5.73. The van der Waals surface area contributed by atoms with Crippen molar-refractivity contribution < 1.29 is 14.3 Å². The number of aromatic nitrogens is 2. The highest BCUT2D eigenvalue weighted by atomic mass is 16.6. The van der Waals surface area contributed by atoms with Crippen LogP contribution >= 0.6 is 0 Å². The molecule has 4 heterocycles. The van der Waals surface area contributed by atoms with Crippen LogP contribution in [0.4, 0.5) is 10.7 Å². The second-order valence-corrected chi connectivity index (χ2v) is 11.0. The molecule has 1 saturated heterocycles. The molecule has 0 unspecified atom stereocenters. The van der Waals surface area contributed by atoms with Crippen molar-refractivity contribution in [3.63, 3.8) is 0 Å². The van der Waals surface area contributed by atoms with Gasteiger partial charge in [0.25, 0.3) is 0 Å². The number of hydrogen-bond acceptors (Lipinski definition) is 8. The molecule has 0 saturated carbocycles. The number of para-hydroxylation sites is 2. The summed E-state index contributed by atoms with van der Waals surface area (Å²) < 4.78 is 11.5. The fourth-order valence-corrected chi connectivity index (χ4v) is 5.30. The van der Waals surface area contributed by atoms with Gasteiger partial charge in [0.05, 0.1) is 24.4 Å². The molecule has 6 rings (SSSR count). The van der Waals surface area contributed by atoms with Gasteiger partial charge in [-0.05, 0) is 39.2 Å². The van der Waals surface area contributed by atoms with Crippen LogP contribution in [-0.4, -0.2) is 63.9 Å². The van der Waals surface area contributed by atoms with E-state index in [0.29, 0.717) is 31.6 Å². The lowest BCUT2D eigenvalue weighted by molar-refractivity contribution is 0.0151. The van der Waals surface area contributed by atoms with E-state index in [9.17, 15) is 4.79 Å². The number of rotatable bonds is 4. The number of benzene rings is 2. The molecule has 3 aliphatic rings.